The van der Waals surface area contributed by atoms with Crippen LogP contribution >= 0.6 is 45.8 Å². The molecule has 0 saturated carbocycles. The molecular weight excluding hydrogens is 412 g/mol. The normalized spacial score (nSPS) is 11.8. The van der Waals surface area contributed by atoms with Gasteiger partial charge in [0.15, 0.2) is 0 Å². The van der Waals surface area contributed by atoms with E-state index in [-0.39, 0.29) is 0 Å². The van der Waals surface area contributed by atoms with Crippen molar-refractivity contribution in [3.05, 3.63) is 59.8 Å². The molecule has 0 unspecified atom stereocenters. The molecule has 0 aliphatic carbocycles. The molecule has 0 N–H and O–H groups in total. The van der Waals surface area contributed by atoms with Gasteiger partial charge in [-0.15, -0.1) is 34.0 Å². The second-order valence-corrected chi connectivity index (χ2v) is 11.3. The van der Waals surface area contributed by atoms with Crippen LogP contribution < -0.4 is 0 Å². The Hall–Kier alpha value is -1.73. The van der Waals surface area contributed by atoms with E-state index >= 15 is 0 Å². The summed E-state index contributed by atoms with van der Waals surface area (Å²) in [5.74, 6) is 1.81. The Labute approximate surface area is 173 Å². The molecule has 0 fully saturated rings. The van der Waals surface area contributed by atoms with Crippen LogP contribution in [-0.2, 0) is 0 Å². The second kappa shape index (κ2) is 6.41. The van der Waals surface area contributed by atoms with E-state index in [1.165, 1.54) is 33.4 Å². The summed E-state index contributed by atoms with van der Waals surface area (Å²) in [6.45, 7) is 10.5. The van der Waals surface area contributed by atoms with Crippen LogP contribution in [0.1, 0.15) is 22.5 Å². The van der Waals surface area contributed by atoms with E-state index in [1.807, 2.05) is 53.3 Å². The molecule has 5 heterocycles. The van der Waals surface area contributed by atoms with Crippen molar-refractivity contribution in [2.75, 3.05) is 0 Å². The van der Waals surface area contributed by atoms with Crippen molar-refractivity contribution >= 4 is 69.5 Å². The summed E-state index contributed by atoms with van der Waals surface area (Å²) in [5.41, 5.74) is 3.62. The quantitative estimate of drug-likeness (QED) is 0.268. The van der Waals surface area contributed by atoms with Crippen LogP contribution in [0.15, 0.2) is 50.3 Å². The van der Waals surface area contributed by atoms with Gasteiger partial charge in [0.25, 0.3) is 0 Å². The number of aryl methyl sites for hydroxylation is 3. The number of thiophene rings is 3. The number of thioether (sulfide) groups is 1. The first-order valence-corrected chi connectivity index (χ1v) is 11.7. The second-order valence-electron chi connectivity index (χ2n) is 6.59. The van der Waals surface area contributed by atoms with Crippen molar-refractivity contribution in [3.63, 3.8) is 0 Å². The van der Waals surface area contributed by atoms with E-state index in [1.54, 1.807) is 18.0 Å². The molecule has 5 aromatic rings. The minimum absolute atomic E-state index is 0.852. The molecule has 0 bridgehead atoms. The monoisotopic (exact) mass is 428 g/mol. The standard InChI is InChI=1S/C21H16O2S4/c1-10-5-15(22-8-10)13(4)24-20-12(3)18-19(27-20)14-7-17(25-21(14)26-18)16-6-11(2)9-23-16/h5-9H,4H2,1-3H3. The molecule has 5 rings (SSSR count). The van der Waals surface area contributed by atoms with Crippen molar-refractivity contribution < 1.29 is 8.83 Å². The third kappa shape index (κ3) is 2.91. The minimum Gasteiger partial charge on any atom is -0.464 e. The van der Waals surface area contributed by atoms with Gasteiger partial charge in [0.1, 0.15) is 11.5 Å². The van der Waals surface area contributed by atoms with Gasteiger partial charge in [0.2, 0.25) is 0 Å². The lowest BCUT2D eigenvalue weighted by Crippen LogP contribution is -1.73. The topological polar surface area (TPSA) is 26.3 Å². The van der Waals surface area contributed by atoms with E-state index < -0.39 is 0 Å². The maximum atomic E-state index is 5.69. The van der Waals surface area contributed by atoms with Gasteiger partial charge < -0.3 is 8.83 Å². The van der Waals surface area contributed by atoms with Crippen molar-refractivity contribution in [1.29, 1.82) is 0 Å². The predicted molar refractivity (Wildman–Crippen MR) is 121 cm³/mol. The van der Waals surface area contributed by atoms with Crippen molar-refractivity contribution in [3.8, 4) is 10.6 Å². The van der Waals surface area contributed by atoms with Gasteiger partial charge in [-0.05, 0) is 55.7 Å². The smallest absolute Gasteiger partial charge is 0.144 e. The van der Waals surface area contributed by atoms with Gasteiger partial charge >= 0.3 is 0 Å². The first kappa shape index (κ1) is 17.4. The third-order valence-corrected chi connectivity index (χ3v) is 9.63. The molecule has 0 aliphatic rings. The van der Waals surface area contributed by atoms with Crippen LogP contribution in [0.2, 0.25) is 0 Å². The Morgan fingerprint density at radius 1 is 0.926 bits per heavy atom. The zero-order valence-electron chi connectivity index (χ0n) is 15.0. The zero-order valence-corrected chi connectivity index (χ0v) is 18.3. The Balaban J connectivity index is 1.54. The molecule has 0 aliphatic heterocycles. The van der Waals surface area contributed by atoms with Crippen LogP contribution in [0.3, 0.4) is 0 Å². The fourth-order valence-electron chi connectivity index (χ4n) is 3.00. The average Bonchev–Trinajstić information content (AvgIpc) is 3.40. The minimum atomic E-state index is 0.852. The molecule has 5 aromatic heterocycles. The summed E-state index contributed by atoms with van der Waals surface area (Å²) in [7, 11) is 0. The highest BCUT2D eigenvalue weighted by molar-refractivity contribution is 8.10. The van der Waals surface area contributed by atoms with Gasteiger partial charge in [-0.25, -0.2) is 0 Å². The van der Waals surface area contributed by atoms with Gasteiger partial charge in [0.05, 0.1) is 35.0 Å². The van der Waals surface area contributed by atoms with E-state index in [9.17, 15) is 0 Å². The van der Waals surface area contributed by atoms with Gasteiger partial charge in [-0.3, -0.25) is 0 Å². The highest BCUT2D eigenvalue weighted by atomic mass is 32.2. The number of fused-ring (bicyclic) bond motifs is 3. The lowest BCUT2D eigenvalue weighted by atomic mass is 10.2. The highest BCUT2D eigenvalue weighted by Crippen LogP contribution is 2.51. The molecule has 0 amide bonds. The number of furan rings is 2. The van der Waals surface area contributed by atoms with Crippen LogP contribution in [0.4, 0.5) is 0 Å². The molecule has 0 spiro atoms. The van der Waals surface area contributed by atoms with Crippen LogP contribution in [0.5, 0.6) is 0 Å². The first-order valence-electron chi connectivity index (χ1n) is 8.43. The van der Waals surface area contributed by atoms with E-state index in [0.29, 0.717) is 0 Å². The van der Waals surface area contributed by atoms with Crippen LogP contribution in [0.25, 0.3) is 34.3 Å². The van der Waals surface area contributed by atoms with E-state index in [4.69, 9.17) is 8.83 Å². The Kier molecular flexibility index (Phi) is 4.13. The molecule has 136 valence electrons. The third-order valence-electron chi connectivity index (χ3n) is 4.38. The first-order chi connectivity index (χ1) is 13.0. The Morgan fingerprint density at radius 3 is 2.41 bits per heavy atom. The fraction of sp³-hybridized carbons (Fsp3) is 0.143. The number of hydrogen-bond donors (Lipinski definition) is 0. The van der Waals surface area contributed by atoms with Crippen molar-refractivity contribution in [1.82, 2.24) is 0 Å². The lowest BCUT2D eigenvalue weighted by molar-refractivity contribution is 0.554. The molecule has 0 saturated heterocycles. The van der Waals surface area contributed by atoms with Gasteiger partial charge in [-0.1, -0.05) is 18.3 Å². The maximum absolute atomic E-state index is 5.69. The Bertz CT molecular complexity index is 1300. The lowest BCUT2D eigenvalue weighted by Gasteiger charge is -2.00. The predicted octanol–water partition coefficient (Wildman–Crippen LogP) is 8.72. The molecule has 2 nitrogen and oxygen atoms in total. The highest BCUT2D eigenvalue weighted by Gasteiger charge is 2.19. The van der Waals surface area contributed by atoms with Crippen molar-refractivity contribution in [2.24, 2.45) is 0 Å². The Morgan fingerprint density at radius 2 is 1.70 bits per heavy atom. The van der Waals surface area contributed by atoms with Crippen LogP contribution in [0, 0.1) is 20.8 Å². The summed E-state index contributed by atoms with van der Waals surface area (Å²) < 4.78 is 16.7. The zero-order chi connectivity index (χ0) is 18.7. The number of hydrogen-bond acceptors (Lipinski definition) is 6. The molecule has 0 aromatic carbocycles. The summed E-state index contributed by atoms with van der Waals surface area (Å²) in [5, 5.41) is 1.34. The summed E-state index contributed by atoms with van der Waals surface area (Å²) in [6.07, 6.45) is 3.58. The molecule has 0 atom stereocenters. The fourth-order valence-corrected chi connectivity index (χ4v) is 8.32. The molecule has 0 radical (unpaired) electrons. The van der Waals surface area contributed by atoms with Gasteiger partial charge in [-0.2, -0.15) is 0 Å². The average molecular weight is 429 g/mol. The number of rotatable bonds is 4. The van der Waals surface area contributed by atoms with E-state index in [0.717, 1.165) is 27.6 Å². The summed E-state index contributed by atoms with van der Waals surface area (Å²) >= 11 is 7.25. The van der Waals surface area contributed by atoms with Crippen LogP contribution in [-0.4, -0.2) is 0 Å². The SMILES string of the molecule is C=C(Sc1sc2c(sc3sc(-c4cc(C)co4)cc32)c1C)c1cc(C)co1. The molecular formula is C21H16O2S4. The largest absolute Gasteiger partial charge is 0.464 e. The summed E-state index contributed by atoms with van der Waals surface area (Å²) in [4.78, 5) is 2.15. The molecule has 6 heteroatoms. The summed E-state index contributed by atoms with van der Waals surface area (Å²) in [6, 6.07) is 6.41. The van der Waals surface area contributed by atoms with Crippen molar-refractivity contribution in [2.45, 2.75) is 25.0 Å². The van der Waals surface area contributed by atoms with Gasteiger partial charge in [0, 0.05) is 10.3 Å². The molecule has 27 heavy (non-hydrogen) atoms. The van der Waals surface area contributed by atoms with E-state index in [2.05, 4.69) is 32.6 Å². The maximum Gasteiger partial charge on any atom is 0.144 e.